The Labute approximate surface area is 175 Å². The van der Waals surface area contributed by atoms with Gasteiger partial charge in [-0.15, -0.1) is 0 Å². The van der Waals surface area contributed by atoms with E-state index in [9.17, 15) is 19.7 Å². The Morgan fingerprint density at radius 2 is 1.33 bits per heavy atom. The minimum absolute atomic E-state index is 0.00461. The van der Waals surface area contributed by atoms with Crippen molar-refractivity contribution in [3.63, 3.8) is 0 Å². The van der Waals surface area contributed by atoms with Crippen molar-refractivity contribution < 1.29 is 18.9 Å². The summed E-state index contributed by atoms with van der Waals surface area (Å²) in [5.74, 6) is -1.79. The lowest BCUT2D eigenvalue weighted by atomic mass is 10.1. The molecule has 0 radical (unpaired) electrons. The first-order chi connectivity index (χ1) is 14.5. The third-order valence-corrected chi connectivity index (χ3v) is 4.72. The SMILES string of the molecule is O=C1C(=Cc2ccc([N+](=O)[O-])o2)C(=O)N(c2ccccc2)C(=S)N1c1ccccc1. The summed E-state index contributed by atoms with van der Waals surface area (Å²) in [6.45, 7) is 0. The average molecular weight is 419 g/mol. The molecule has 0 unspecified atom stereocenters. The maximum absolute atomic E-state index is 13.2. The number of rotatable bonds is 4. The molecule has 1 aliphatic rings. The van der Waals surface area contributed by atoms with Crippen molar-refractivity contribution >= 4 is 52.5 Å². The first-order valence-electron chi connectivity index (χ1n) is 8.76. The molecule has 30 heavy (non-hydrogen) atoms. The maximum atomic E-state index is 13.2. The van der Waals surface area contributed by atoms with Crippen molar-refractivity contribution in [3.05, 3.63) is 94.2 Å². The van der Waals surface area contributed by atoms with E-state index in [-0.39, 0.29) is 16.4 Å². The first kappa shape index (κ1) is 19.2. The molecular weight excluding hydrogens is 406 g/mol. The topological polar surface area (TPSA) is 96.9 Å². The smallest absolute Gasteiger partial charge is 0.401 e. The number of carbonyl (C=O) groups excluding carboxylic acids is 2. The normalized spacial score (nSPS) is 14.3. The summed E-state index contributed by atoms with van der Waals surface area (Å²) < 4.78 is 5.10. The van der Waals surface area contributed by atoms with Gasteiger partial charge in [0.2, 0.25) is 0 Å². The van der Waals surface area contributed by atoms with Crippen molar-refractivity contribution in [1.82, 2.24) is 0 Å². The van der Waals surface area contributed by atoms with E-state index in [4.69, 9.17) is 16.6 Å². The second-order valence-corrected chi connectivity index (χ2v) is 6.59. The average Bonchev–Trinajstić information content (AvgIpc) is 3.22. The van der Waals surface area contributed by atoms with Crippen LogP contribution in [-0.2, 0) is 9.59 Å². The molecule has 8 nitrogen and oxygen atoms in total. The highest BCUT2D eigenvalue weighted by Gasteiger charge is 2.41. The van der Waals surface area contributed by atoms with Crippen molar-refractivity contribution in [2.24, 2.45) is 0 Å². The van der Waals surface area contributed by atoms with Gasteiger partial charge < -0.3 is 4.42 Å². The third-order valence-electron chi connectivity index (χ3n) is 4.36. The van der Waals surface area contributed by atoms with Gasteiger partial charge >= 0.3 is 5.88 Å². The summed E-state index contributed by atoms with van der Waals surface area (Å²) in [4.78, 5) is 39.1. The molecule has 9 heteroatoms. The van der Waals surface area contributed by atoms with E-state index in [1.165, 1.54) is 21.9 Å². The summed E-state index contributed by atoms with van der Waals surface area (Å²) in [5, 5.41) is 10.9. The van der Waals surface area contributed by atoms with Gasteiger partial charge in [-0.05, 0) is 48.6 Å². The van der Waals surface area contributed by atoms with E-state index in [0.717, 1.165) is 6.07 Å². The molecule has 0 aliphatic carbocycles. The van der Waals surface area contributed by atoms with Gasteiger partial charge in [-0.3, -0.25) is 29.5 Å². The summed E-state index contributed by atoms with van der Waals surface area (Å²) in [5.41, 5.74) is 0.732. The number of thiocarbonyl (C=S) groups is 1. The Morgan fingerprint density at radius 1 is 0.833 bits per heavy atom. The molecule has 1 aliphatic heterocycles. The summed E-state index contributed by atoms with van der Waals surface area (Å²) in [7, 11) is 0. The number of hydrogen-bond donors (Lipinski definition) is 0. The predicted octanol–water partition coefficient (Wildman–Crippen LogP) is 3.94. The molecule has 1 saturated heterocycles. The highest BCUT2D eigenvalue weighted by Crippen LogP contribution is 2.30. The molecule has 1 fully saturated rings. The van der Waals surface area contributed by atoms with Crippen molar-refractivity contribution in [3.8, 4) is 0 Å². The number of nitrogens with zero attached hydrogens (tertiary/aromatic N) is 3. The molecule has 2 aromatic carbocycles. The standard InChI is InChI=1S/C21H13N3O5S/c25-19-17(13-16-11-12-18(29-16)24(27)28)20(26)23(15-9-5-2-6-10-15)21(30)22(19)14-7-3-1-4-8-14/h1-13H. The molecular formula is C21H13N3O5S. The summed E-state index contributed by atoms with van der Waals surface area (Å²) in [6.07, 6.45) is 1.19. The zero-order chi connectivity index (χ0) is 21.3. The molecule has 2 heterocycles. The highest BCUT2D eigenvalue weighted by atomic mass is 32.1. The number of amides is 2. The van der Waals surface area contributed by atoms with Gasteiger partial charge in [0.1, 0.15) is 16.3 Å². The van der Waals surface area contributed by atoms with Crippen molar-refractivity contribution in [2.45, 2.75) is 0 Å². The number of furan rings is 1. The van der Waals surface area contributed by atoms with Crippen molar-refractivity contribution in [2.75, 3.05) is 9.80 Å². The number of carbonyl (C=O) groups is 2. The van der Waals surface area contributed by atoms with E-state index < -0.39 is 22.6 Å². The van der Waals surface area contributed by atoms with Gasteiger partial charge in [-0.25, -0.2) is 0 Å². The third kappa shape index (κ3) is 3.38. The van der Waals surface area contributed by atoms with Crippen LogP contribution in [0.25, 0.3) is 6.08 Å². The lowest BCUT2D eigenvalue weighted by molar-refractivity contribution is -0.402. The summed E-state index contributed by atoms with van der Waals surface area (Å²) >= 11 is 5.49. The quantitative estimate of drug-likeness (QED) is 0.209. The van der Waals surface area contributed by atoms with Gasteiger partial charge in [-0.2, -0.15) is 0 Å². The molecule has 3 aromatic rings. The fourth-order valence-corrected chi connectivity index (χ4v) is 3.38. The van der Waals surface area contributed by atoms with Crippen LogP contribution in [-0.4, -0.2) is 21.9 Å². The lowest BCUT2D eigenvalue weighted by Crippen LogP contribution is -2.56. The molecule has 0 saturated carbocycles. The van der Waals surface area contributed by atoms with Crippen LogP contribution in [0.4, 0.5) is 17.3 Å². The number of benzene rings is 2. The van der Waals surface area contributed by atoms with Crippen LogP contribution in [0.5, 0.6) is 0 Å². The van der Waals surface area contributed by atoms with Crippen LogP contribution in [0.15, 0.2) is 82.8 Å². The number of hydrogen-bond acceptors (Lipinski definition) is 6. The minimum atomic E-state index is -0.700. The second kappa shape index (κ2) is 7.72. The molecule has 0 bridgehead atoms. The van der Waals surface area contributed by atoms with E-state index in [1.54, 1.807) is 60.7 Å². The molecule has 0 spiro atoms. The number of anilines is 2. The van der Waals surface area contributed by atoms with Crippen LogP contribution in [0.1, 0.15) is 5.76 Å². The zero-order valence-electron chi connectivity index (χ0n) is 15.3. The molecule has 0 N–H and O–H groups in total. The zero-order valence-corrected chi connectivity index (χ0v) is 16.1. The van der Waals surface area contributed by atoms with Gasteiger partial charge in [0.05, 0.1) is 17.4 Å². The van der Waals surface area contributed by atoms with Crippen LogP contribution in [0, 0.1) is 10.1 Å². The highest BCUT2D eigenvalue weighted by molar-refractivity contribution is 7.81. The maximum Gasteiger partial charge on any atom is 0.433 e. The largest absolute Gasteiger partial charge is 0.433 e. The molecule has 0 atom stereocenters. The lowest BCUT2D eigenvalue weighted by Gasteiger charge is -2.36. The van der Waals surface area contributed by atoms with E-state index in [0.29, 0.717) is 11.4 Å². The fourth-order valence-electron chi connectivity index (χ4n) is 3.00. The Bertz CT molecular complexity index is 1120. The van der Waals surface area contributed by atoms with Crippen LogP contribution < -0.4 is 9.80 Å². The van der Waals surface area contributed by atoms with E-state index in [2.05, 4.69) is 0 Å². The number of para-hydroxylation sites is 2. The van der Waals surface area contributed by atoms with E-state index in [1.807, 2.05) is 0 Å². The van der Waals surface area contributed by atoms with Crippen molar-refractivity contribution in [1.29, 1.82) is 0 Å². The van der Waals surface area contributed by atoms with Gasteiger partial charge in [0.25, 0.3) is 11.8 Å². The van der Waals surface area contributed by atoms with E-state index >= 15 is 0 Å². The summed E-state index contributed by atoms with van der Waals surface area (Å²) in [6, 6.07) is 19.8. The molecule has 1 aromatic heterocycles. The monoisotopic (exact) mass is 419 g/mol. The van der Waals surface area contributed by atoms with Crippen LogP contribution in [0.2, 0.25) is 0 Å². The molecule has 2 amide bonds. The second-order valence-electron chi connectivity index (χ2n) is 6.23. The Hall–Kier alpha value is -4.11. The fraction of sp³-hybridized carbons (Fsp3) is 0. The minimum Gasteiger partial charge on any atom is -0.401 e. The number of nitro groups is 1. The Kier molecular flexibility index (Phi) is 4.95. The predicted molar refractivity (Wildman–Crippen MR) is 114 cm³/mol. The van der Waals surface area contributed by atoms with Gasteiger partial charge in [-0.1, -0.05) is 36.4 Å². The Morgan fingerprint density at radius 3 is 1.77 bits per heavy atom. The van der Waals surface area contributed by atoms with Gasteiger partial charge in [0.15, 0.2) is 5.11 Å². The first-order valence-corrected chi connectivity index (χ1v) is 9.17. The molecule has 148 valence electrons. The Balaban J connectivity index is 1.85. The van der Waals surface area contributed by atoms with Crippen LogP contribution >= 0.6 is 12.2 Å². The molecule has 4 rings (SSSR count). The van der Waals surface area contributed by atoms with Crippen LogP contribution in [0.3, 0.4) is 0 Å². The van der Waals surface area contributed by atoms with Gasteiger partial charge in [0, 0.05) is 0 Å².